The zero-order valence-electron chi connectivity index (χ0n) is 87.0. The van der Waals surface area contributed by atoms with Crippen LogP contribution >= 0.6 is 0 Å². The van der Waals surface area contributed by atoms with Crippen LogP contribution in [0.2, 0.25) is 0 Å². The summed E-state index contributed by atoms with van der Waals surface area (Å²) in [6.07, 6.45) is 0. The summed E-state index contributed by atoms with van der Waals surface area (Å²) in [5.41, 5.74) is 34.6. The Balaban J connectivity index is 0.000000185. The normalized spacial score (nSPS) is 12.7. The van der Waals surface area contributed by atoms with Gasteiger partial charge in [-0.3, -0.25) is 9.80 Å². The van der Waals surface area contributed by atoms with Crippen LogP contribution < -0.4 is 0 Å². The van der Waals surface area contributed by atoms with Crippen LogP contribution in [-0.2, 0) is 100 Å². The van der Waals surface area contributed by atoms with Gasteiger partial charge in [-0.25, -0.2) is 0 Å². The van der Waals surface area contributed by atoms with Crippen molar-refractivity contribution >= 4 is 0 Å². The van der Waals surface area contributed by atoms with Gasteiger partial charge in [0.15, 0.2) is 0 Å². The van der Waals surface area contributed by atoms with Crippen LogP contribution in [0.4, 0.5) is 0 Å². The van der Waals surface area contributed by atoms with E-state index in [0.29, 0.717) is 49.2 Å². The van der Waals surface area contributed by atoms with Crippen LogP contribution in [0, 0.1) is 62.3 Å². The van der Waals surface area contributed by atoms with Crippen molar-refractivity contribution in [3.8, 4) is 67.5 Å². The molecule has 0 bridgehead atoms. The quantitative estimate of drug-likeness (QED) is 0.0632. The summed E-state index contributed by atoms with van der Waals surface area (Å²) < 4.78 is 0. The van der Waals surface area contributed by atoms with Crippen molar-refractivity contribution in [2.75, 3.05) is 54.4 Å². The Morgan fingerprint density at radius 1 is 0.196 bits per heavy atom. The minimum atomic E-state index is -0.500. The van der Waals surface area contributed by atoms with Crippen molar-refractivity contribution in [3.05, 3.63) is 611 Å². The summed E-state index contributed by atoms with van der Waals surface area (Å²) in [6, 6.07) is 147. The number of nitrogens with zero attached hydrogens (tertiary/aromatic N) is 4. The second kappa shape index (κ2) is 51.6. The molecule has 0 spiro atoms. The minimum absolute atomic E-state index is 0. The third kappa shape index (κ3) is 25.5. The van der Waals surface area contributed by atoms with E-state index in [1.807, 2.05) is 188 Å². The molecule has 4 N–H and O–H groups in total. The molecule has 4 aliphatic carbocycles. The van der Waals surface area contributed by atoms with Gasteiger partial charge < -0.3 is 30.2 Å². The molecule has 0 atom stereocenters. The number of hydrogen-bond acceptors (Lipinski definition) is 8. The second-order valence-corrected chi connectivity index (χ2v) is 39.6. The summed E-state index contributed by atoms with van der Waals surface area (Å²) in [4.78, 5) is 9.10. The van der Waals surface area contributed by atoms with E-state index < -0.39 is 21.7 Å². The van der Waals surface area contributed by atoms with Gasteiger partial charge >= 0.3 is 52.4 Å². The number of phenolic OH excluding ortho intramolecular Hbond substituents is 4. The van der Waals surface area contributed by atoms with Gasteiger partial charge in [0, 0.05) is 119 Å². The molecule has 0 unspecified atom stereocenters. The first-order valence-corrected chi connectivity index (χ1v) is 50.0. The molecular formula is C138H140N4O4Zr2+2. The Bertz CT molecular complexity index is 6740. The SMILES string of the molecule is C.Cc1cc(CN(CCN(C)C)Cc2cc(C)cc(C3(C)c4ccccc4-c4ccccc43)c2O)c(O)c(C2(C)c3ccccc3-c3ccccc32)c1.Cc1cc(CN(CCN(C)C)Cc2cccc(C3(C)c4ccccc4-c4ccccc43)c2O)c(O)c(C2(C)c3ccccc3-c3ccccc32)c1.[CH2-]c1ccccc1.[CH2-]c1ccccc1.[CH2-]c1ccccc1.[CH2-]c1ccccc1.[CH2-]c1ccccc1.[CH2-]c1ccccc1.[Zr+4].[Zr+4]. The van der Waals surface area contributed by atoms with Gasteiger partial charge in [-0.15, -0.1) is 72.8 Å². The molecule has 18 aromatic rings. The average molecular weight is 2100 g/mol. The fourth-order valence-corrected chi connectivity index (χ4v) is 21.1. The van der Waals surface area contributed by atoms with Crippen LogP contribution in [0.1, 0.15) is 174 Å². The molecule has 8 nitrogen and oxygen atoms in total. The fourth-order valence-electron chi connectivity index (χ4n) is 21.1. The van der Waals surface area contributed by atoms with E-state index in [1.54, 1.807) is 0 Å². The van der Waals surface area contributed by atoms with Gasteiger partial charge in [0.05, 0.1) is 0 Å². The number of aryl methyl sites for hydroxylation is 3. The van der Waals surface area contributed by atoms with Crippen LogP contribution in [0.15, 0.2) is 431 Å². The predicted molar refractivity (Wildman–Crippen MR) is 614 cm³/mol. The first-order chi connectivity index (χ1) is 70.0. The molecular weight excluding hydrogens is 1960 g/mol. The monoisotopic (exact) mass is 2100 g/mol. The summed E-state index contributed by atoms with van der Waals surface area (Å²) in [5, 5.41) is 49.0. The van der Waals surface area contributed by atoms with Crippen molar-refractivity contribution in [3.63, 3.8) is 0 Å². The van der Waals surface area contributed by atoms with E-state index in [9.17, 15) is 20.4 Å². The zero-order valence-corrected chi connectivity index (χ0v) is 91.9. The molecule has 0 radical (unpaired) electrons. The number of benzene rings is 18. The molecule has 22 rings (SSSR count). The van der Waals surface area contributed by atoms with Crippen molar-refractivity contribution in [2.45, 2.75) is 104 Å². The molecule has 0 aromatic heterocycles. The number of likely N-dealkylation sites (N-methyl/N-ethyl adjacent to an activating group) is 2. The van der Waals surface area contributed by atoms with E-state index in [-0.39, 0.29) is 59.8 Å². The number of hydrogen-bond donors (Lipinski definition) is 4. The molecule has 0 saturated carbocycles. The van der Waals surface area contributed by atoms with E-state index in [2.05, 4.69) is 380 Å². The molecule has 0 heterocycles. The van der Waals surface area contributed by atoms with Crippen molar-refractivity contribution < 1.29 is 72.8 Å². The predicted octanol–water partition coefficient (Wildman–Crippen LogP) is 31.4. The van der Waals surface area contributed by atoms with Crippen molar-refractivity contribution in [1.29, 1.82) is 0 Å². The Hall–Kier alpha value is -14.0. The van der Waals surface area contributed by atoms with Gasteiger partial charge in [0.1, 0.15) is 23.0 Å². The molecule has 742 valence electrons. The average Bonchev–Trinajstić information content (AvgIpc) is 1.57. The molecule has 18 aromatic carbocycles. The first-order valence-electron chi connectivity index (χ1n) is 50.0. The van der Waals surface area contributed by atoms with E-state index in [1.165, 1.54) is 89.0 Å². The van der Waals surface area contributed by atoms with Gasteiger partial charge in [-0.05, 0) is 166 Å². The fraction of sp³-hybridized carbons (Fsp3) is 0.174. The summed E-state index contributed by atoms with van der Waals surface area (Å²) in [5.74, 6) is 1.36. The number of phenols is 4. The van der Waals surface area contributed by atoms with E-state index in [4.69, 9.17) is 0 Å². The van der Waals surface area contributed by atoms with Crippen LogP contribution in [-0.4, -0.2) is 94.4 Å². The van der Waals surface area contributed by atoms with Gasteiger partial charge in [0.2, 0.25) is 0 Å². The number of rotatable bonds is 18. The molecule has 0 saturated heterocycles. The largest absolute Gasteiger partial charge is 4.00 e. The molecule has 0 amide bonds. The minimum Gasteiger partial charge on any atom is -0.507 e. The number of fused-ring (bicyclic) bond motifs is 12. The second-order valence-electron chi connectivity index (χ2n) is 39.6. The Kier molecular flexibility index (Phi) is 39.3. The first kappa shape index (κ1) is 113. The van der Waals surface area contributed by atoms with Gasteiger partial charge in [-0.1, -0.05) is 309 Å². The Morgan fingerprint density at radius 3 is 0.541 bits per heavy atom. The third-order valence-corrected chi connectivity index (χ3v) is 28.5. The van der Waals surface area contributed by atoms with E-state index >= 15 is 0 Å². The number of aromatic hydroxyl groups is 4. The molecule has 4 aliphatic rings. The molecule has 148 heavy (non-hydrogen) atoms. The van der Waals surface area contributed by atoms with E-state index in [0.717, 1.165) is 121 Å². The Morgan fingerprint density at radius 2 is 0.358 bits per heavy atom. The van der Waals surface area contributed by atoms with Gasteiger partial charge in [-0.2, -0.15) is 148 Å². The maximum absolute atomic E-state index is 12.3. The molecule has 10 heteroatoms. The summed E-state index contributed by atoms with van der Waals surface area (Å²) in [7, 11) is 8.36. The molecule has 0 fully saturated rings. The van der Waals surface area contributed by atoms with Crippen molar-refractivity contribution in [2.24, 2.45) is 0 Å². The Labute approximate surface area is 921 Å². The molecule has 0 aliphatic heterocycles. The summed E-state index contributed by atoms with van der Waals surface area (Å²) >= 11 is 0. The zero-order chi connectivity index (χ0) is 103. The van der Waals surface area contributed by atoms with Crippen LogP contribution in [0.3, 0.4) is 0 Å². The number of para-hydroxylation sites is 1. The topological polar surface area (TPSA) is 93.9 Å². The maximum Gasteiger partial charge on any atom is 4.00 e. The van der Waals surface area contributed by atoms with Crippen molar-refractivity contribution in [1.82, 2.24) is 19.6 Å². The van der Waals surface area contributed by atoms with Crippen LogP contribution in [0.25, 0.3) is 44.5 Å². The van der Waals surface area contributed by atoms with Gasteiger partial charge in [0.25, 0.3) is 0 Å². The maximum atomic E-state index is 12.3. The third-order valence-electron chi connectivity index (χ3n) is 28.5. The summed E-state index contributed by atoms with van der Waals surface area (Å²) in [6.45, 7) is 43.1. The standard InChI is InChI=1S/C48H48N2O2.C47H46N2O2.6C7H7.CH4.2Zr/c1-31-25-33(45(51)43(27-31)47(3)39-19-11-7-15-35(39)36-16-8-12-20-40(36)47)29-50(24-23-49(5)6)30-34-26-32(2)28-44(46(34)52)48(4)41-21-13-9-17-37(41)38-18-10-14-22-42(38)48;1-31-27-33(45(51)43(28-31)47(3)40-22-12-8-18-36(40)37-19-9-13-23-41(37)47)30-49(26-25-48(4)5)29-32-15-14-24-42(44(32)50)46(2)38-20-10-6-16-34(38)35-17-7-11-21-39(35)46;6*1-7-5-3-2-4-6-7;;;/h7-22,25-28,51-52H,23-24,29-30H2,1-6H3;6-24,27-28,50-51H,25-26,29-30H2,1-5H3;6*2-6H,1H2;1H4;;/q;;6*-1;;2*+4. The van der Waals surface area contributed by atoms with Crippen LogP contribution in [0.5, 0.6) is 23.0 Å². The smallest absolute Gasteiger partial charge is 0.507 e.